The molecule has 0 aliphatic heterocycles. The maximum atomic E-state index is 13.4. The minimum Gasteiger partial charge on any atom is -0.384 e. The third kappa shape index (κ3) is 2.57. The van der Waals surface area contributed by atoms with Crippen LogP contribution in [0.1, 0.15) is 22.8 Å². The molecule has 3 rings (SSSR count). The van der Waals surface area contributed by atoms with E-state index < -0.39 is 6.10 Å². The summed E-state index contributed by atoms with van der Waals surface area (Å²) in [6.07, 6.45) is 0.857. The summed E-state index contributed by atoms with van der Waals surface area (Å²) >= 11 is 3.49. The van der Waals surface area contributed by atoms with Gasteiger partial charge in [-0.15, -0.1) is 0 Å². The predicted octanol–water partition coefficient (Wildman–Crippen LogP) is 4.53. The number of hydrogen-bond donors (Lipinski definition) is 1. The van der Waals surface area contributed by atoms with Gasteiger partial charge < -0.3 is 5.11 Å². The Kier molecular flexibility index (Phi) is 3.74. The molecule has 0 spiro atoms. The second kappa shape index (κ2) is 5.54. The molecule has 0 saturated heterocycles. The lowest BCUT2D eigenvalue weighted by molar-refractivity contribution is 0.221. The van der Waals surface area contributed by atoms with Crippen LogP contribution in [0.2, 0.25) is 0 Å². The van der Waals surface area contributed by atoms with Gasteiger partial charge in [0.2, 0.25) is 0 Å². The SMILES string of the molecule is Cc1cc(C(O)c2ccc(Br)c3cccnc23)ccc1F. The lowest BCUT2D eigenvalue weighted by Gasteiger charge is -2.15. The summed E-state index contributed by atoms with van der Waals surface area (Å²) in [4.78, 5) is 4.36. The lowest BCUT2D eigenvalue weighted by Crippen LogP contribution is -2.02. The summed E-state index contributed by atoms with van der Waals surface area (Å²) < 4.78 is 14.3. The first-order chi connectivity index (χ1) is 10.1. The average molecular weight is 346 g/mol. The largest absolute Gasteiger partial charge is 0.384 e. The molecule has 106 valence electrons. The number of aromatic nitrogens is 1. The van der Waals surface area contributed by atoms with Crippen molar-refractivity contribution in [3.8, 4) is 0 Å². The molecule has 0 aliphatic rings. The molecular formula is C17H13BrFNO. The van der Waals surface area contributed by atoms with Gasteiger partial charge in [0.25, 0.3) is 0 Å². The predicted molar refractivity (Wildman–Crippen MR) is 84.6 cm³/mol. The highest BCUT2D eigenvalue weighted by Crippen LogP contribution is 2.32. The second-order valence-corrected chi connectivity index (χ2v) is 5.80. The molecule has 3 aromatic rings. The molecule has 0 amide bonds. The summed E-state index contributed by atoms with van der Waals surface area (Å²) in [7, 11) is 0. The maximum absolute atomic E-state index is 13.4. The molecule has 1 aromatic heterocycles. The van der Waals surface area contributed by atoms with Gasteiger partial charge in [-0.05, 0) is 36.2 Å². The Bertz CT molecular complexity index is 819. The van der Waals surface area contributed by atoms with E-state index in [4.69, 9.17) is 0 Å². The molecule has 1 N–H and O–H groups in total. The molecule has 4 heteroatoms. The second-order valence-electron chi connectivity index (χ2n) is 4.95. The summed E-state index contributed by atoms with van der Waals surface area (Å²) in [6, 6.07) is 12.2. The maximum Gasteiger partial charge on any atom is 0.126 e. The van der Waals surface area contributed by atoms with Crippen molar-refractivity contribution in [2.45, 2.75) is 13.0 Å². The molecule has 0 radical (unpaired) electrons. The van der Waals surface area contributed by atoms with Crippen molar-refractivity contribution < 1.29 is 9.50 Å². The van der Waals surface area contributed by atoms with Gasteiger partial charge in [-0.3, -0.25) is 4.98 Å². The van der Waals surface area contributed by atoms with Crippen LogP contribution in [-0.2, 0) is 0 Å². The number of aliphatic hydroxyl groups excluding tert-OH is 1. The smallest absolute Gasteiger partial charge is 0.126 e. The van der Waals surface area contributed by atoms with E-state index in [1.807, 2.05) is 24.3 Å². The lowest BCUT2D eigenvalue weighted by atomic mass is 9.97. The molecule has 1 heterocycles. The van der Waals surface area contributed by atoms with Crippen molar-refractivity contribution in [1.29, 1.82) is 0 Å². The molecular weight excluding hydrogens is 333 g/mol. The molecule has 0 fully saturated rings. The molecule has 2 aromatic carbocycles. The highest BCUT2D eigenvalue weighted by molar-refractivity contribution is 9.10. The normalized spacial score (nSPS) is 12.6. The zero-order valence-corrected chi connectivity index (χ0v) is 12.9. The minimum absolute atomic E-state index is 0.273. The first-order valence-corrected chi connectivity index (χ1v) is 7.34. The van der Waals surface area contributed by atoms with Crippen molar-refractivity contribution in [3.63, 3.8) is 0 Å². The van der Waals surface area contributed by atoms with E-state index in [9.17, 15) is 9.50 Å². The standard InChI is InChI=1S/C17H13BrFNO/c1-10-9-11(4-7-15(10)19)17(21)13-5-6-14(18)12-3-2-8-20-16(12)13/h2-9,17,21H,1H3. The third-order valence-corrected chi connectivity index (χ3v) is 4.23. The topological polar surface area (TPSA) is 33.1 Å². The van der Waals surface area contributed by atoms with Gasteiger partial charge in [-0.2, -0.15) is 0 Å². The summed E-state index contributed by atoms with van der Waals surface area (Å²) in [5.74, 6) is -0.273. The van der Waals surface area contributed by atoms with E-state index in [0.717, 1.165) is 15.4 Å². The van der Waals surface area contributed by atoms with Crippen LogP contribution in [-0.4, -0.2) is 10.1 Å². The first-order valence-electron chi connectivity index (χ1n) is 6.55. The van der Waals surface area contributed by atoms with E-state index in [2.05, 4.69) is 20.9 Å². The van der Waals surface area contributed by atoms with Crippen molar-refractivity contribution >= 4 is 26.8 Å². The number of hydrogen-bond acceptors (Lipinski definition) is 2. The van der Waals surface area contributed by atoms with E-state index in [-0.39, 0.29) is 5.82 Å². The van der Waals surface area contributed by atoms with Crippen LogP contribution in [0.4, 0.5) is 4.39 Å². The number of pyridine rings is 1. The van der Waals surface area contributed by atoms with Crippen LogP contribution in [0.15, 0.2) is 53.1 Å². The van der Waals surface area contributed by atoms with Crippen molar-refractivity contribution in [2.24, 2.45) is 0 Å². The number of rotatable bonds is 2. The van der Waals surface area contributed by atoms with Crippen LogP contribution in [0, 0.1) is 12.7 Å². The van der Waals surface area contributed by atoms with Gasteiger partial charge in [0.15, 0.2) is 0 Å². The van der Waals surface area contributed by atoms with E-state index in [0.29, 0.717) is 16.7 Å². The quantitative estimate of drug-likeness (QED) is 0.740. The van der Waals surface area contributed by atoms with Gasteiger partial charge in [-0.25, -0.2) is 4.39 Å². The van der Waals surface area contributed by atoms with Crippen LogP contribution in [0.3, 0.4) is 0 Å². The third-order valence-electron chi connectivity index (χ3n) is 3.54. The number of aryl methyl sites for hydroxylation is 1. The Labute approximate surface area is 130 Å². The first kappa shape index (κ1) is 14.2. The fraction of sp³-hybridized carbons (Fsp3) is 0.118. The average Bonchev–Trinajstić information content (AvgIpc) is 2.50. The van der Waals surface area contributed by atoms with Gasteiger partial charge in [0.05, 0.1) is 5.52 Å². The Morgan fingerprint density at radius 3 is 2.76 bits per heavy atom. The summed E-state index contributed by atoms with van der Waals surface area (Å²) in [5.41, 5.74) is 2.62. The van der Waals surface area contributed by atoms with Gasteiger partial charge in [0, 0.05) is 21.6 Å². The zero-order chi connectivity index (χ0) is 15.0. The molecule has 1 atom stereocenters. The van der Waals surface area contributed by atoms with E-state index in [1.54, 1.807) is 25.3 Å². The van der Waals surface area contributed by atoms with Crippen LogP contribution in [0.25, 0.3) is 10.9 Å². The number of benzene rings is 2. The van der Waals surface area contributed by atoms with E-state index in [1.165, 1.54) is 6.07 Å². The van der Waals surface area contributed by atoms with E-state index >= 15 is 0 Å². The van der Waals surface area contributed by atoms with Crippen LogP contribution >= 0.6 is 15.9 Å². The molecule has 0 saturated carbocycles. The van der Waals surface area contributed by atoms with Gasteiger partial charge in [-0.1, -0.05) is 40.2 Å². The minimum atomic E-state index is -0.838. The van der Waals surface area contributed by atoms with Gasteiger partial charge in [0.1, 0.15) is 11.9 Å². The molecule has 21 heavy (non-hydrogen) atoms. The molecule has 0 bridgehead atoms. The van der Waals surface area contributed by atoms with Gasteiger partial charge >= 0.3 is 0 Å². The monoisotopic (exact) mass is 345 g/mol. The van der Waals surface area contributed by atoms with Crippen molar-refractivity contribution in [2.75, 3.05) is 0 Å². The molecule has 1 unspecified atom stereocenters. The number of halogens is 2. The fourth-order valence-corrected chi connectivity index (χ4v) is 2.85. The Morgan fingerprint density at radius 1 is 1.19 bits per heavy atom. The number of aliphatic hydroxyl groups is 1. The number of nitrogens with zero attached hydrogens (tertiary/aromatic N) is 1. The Morgan fingerprint density at radius 2 is 2.00 bits per heavy atom. The summed E-state index contributed by atoms with van der Waals surface area (Å²) in [6.45, 7) is 1.68. The molecule has 0 aliphatic carbocycles. The van der Waals surface area contributed by atoms with Crippen LogP contribution < -0.4 is 0 Å². The molecule has 2 nitrogen and oxygen atoms in total. The van der Waals surface area contributed by atoms with Crippen molar-refractivity contribution in [3.05, 3.63) is 75.6 Å². The zero-order valence-electron chi connectivity index (χ0n) is 11.3. The highest BCUT2D eigenvalue weighted by atomic mass is 79.9. The Balaban J connectivity index is 2.15. The fourth-order valence-electron chi connectivity index (χ4n) is 2.40. The Hall–Kier alpha value is -1.78. The highest BCUT2D eigenvalue weighted by Gasteiger charge is 2.16. The van der Waals surface area contributed by atoms with Crippen molar-refractivity contribution in [1.82, 2.24) is 4.98 Å². The number of fused-ring (bicyclic) bond motifs is 1. The van der Waals surface area contributed by atoms with Crippen LogP contribution in [0.5, 0.6) is 0 Å². The summed E-state index contributed by atoms with van der Waals surface area (Å²) in [5, 5.41) is 11.6.